The number of aromatic nitrogens is 3. The van der Waals surface area contributed by atoms with Gasteiger partial charge < -0.3 is 94.6 Å². The molecule has 3 aromatic heterocycles. The van der Waals surface area contributed by atoms with Crippen LogP contribution >= 0.6 is 0 Å². The summed E-state index contributed by atoms with van der Waals surface area (Å²) in [5, 5.41) is 11.9. The third-order valence-electron chi connectivity index (χ3n) is 21.6. The third kappa shape index (κ3) is 35.9. The summed E-state index contributed by atoms with van der Waals surface area (Å²) < 4.78 is 78.5. The van der Waals surface area contributed by atoms with E-state index in [1.807, 2.05) is 115 Å². The first-order valence-corrected chi connectivity index (χ1v) is 43.2. The van der Waals surface area contributed by atoms with Crippen molar-refractivity contribution in [3.8, 4) is 0 Å². The van der Waals surface area contributed by atoms with Gasteiger partial charge in [-0.25, -0.2) is 0 Å². The molecule has 708 valence electrons. The number of pyridine rings is 3. The van der Waals surface area contributed by atoms with Gasteiger partial charge in [-0.05, 0) is 126 Å². The summed E-state index contributed by atoms with van der Waals surface area (Å²) in [5.41, 5.74) is 76.3. The maximum atomic E-state index is 13.7. The summed E-state index contributed by atoms with van der Waals surface area (Å²) in [4.78, 5) is 139. The molecule has 39 heteroatoms. The molecule has 0 unspecified atom stereocenters. The average Bonchev–Trinajstić information content (AvgIpc) is 0.832. The Morgan fingerprint density at radius 1 is 0.374 bits per heavy atom. The van der Waals surface area contributed by atoms with Crippen molar-refractivity contribution >= 4 is 85.5 Å². The summed E-state index contributed by atoms with van der Waals surface area (Å²) in [6.45, 7) is 6.91. The summed E-state index contributed by atoms with van der Waals surface area (Å²) in [6.07, 6.45) is -4.18. The van der Waals surface area contributed by atoms with Crippen molar-refractivity contribution in [3.63, 3.8) is 0 Å². The predicted octanol–water partition coefficient (Wildman–Crippen LogP) is 1.70. The highest BCUT2D eigenvalue weighted by Gasteiger charge is 2.35. The van der Waals surface area contributed by atoms with Crippen molar-refractivity contribution in [3.05, 3.63) is 233 Å². The van der Waals surface area contributed by atoms with Crippen molar-refractivity contribution in [1.29, 1.82) is 0 Å². The van der Waals surface area contributed by atoms with Crippen molar-refractivity contribution < 1.29 is 69.5 Å². The quantitative estimate of drug-likeness (QED) is 0.0147. The minimum absolute atomic E-state index is 0.00157. The zero-order chi connectivity index (χ0) is 95.6. The van der Waals surface area contributed by atoms with E-state index in [4.69, 9.17) is 68.8 Å². The fourth-order valence-corrected chi connectivity index (χ4v) is 14.3. The van der Waals surface area contributed by atoms with Gasteiger partial charge in [0.05, 0.1) is 96.1 Å². The van der Waals surface area contributed by atoms with Crippen LogP contribution in [0.1, 0.15) is 76.6 Å². The molecule has 0 saturated heterocycles. The second kappa shape index (κ2) is 54.9. The molecule has 0 aliphatic rings. The van der Waals surface area contributed by atoms with Gasteiger partial charge in [0.15, 0.2) is 17.3 Å². The first-order chi connectivity index (χ1) is 62.7. The number of alkyl halides is 6. The number of amides is 6. The lowest BCUT2D eigenvalue weighted by atomic mass is 9.96. The standard InChI is InChI=1S/C37H55F3N10O3.C29H39N7O3.C26H30F3N7O3/c38-37(39,40)30-7-5-27(6-8-30)24-33(34(51)25-28-23-29-3-1-2-4-32(29)46-26-28)47-36(53)31(45)9-10-35(52)50(21-19-48(15-11-41)16-12-42)22-20-49(17-13-43)18-14-44;30-12-13-36(23(17-31)18-32)28(38)16-24(33)29(39)35-26(11-10-20-6-2-1-3-7-20)27(37)15-21-14-22-8-4-5-9-25(22)34-19-21;27-26(28,29)19-7-5-16(6-8-19)10-22(34-25(39)20(32)12-24(38)35-36(14-30)15-31)23(37)11-17-9-18-3-1-2-4-21(18)33-13-17/h1-8,23,26,31,33H,9-22,24-25,41-45H2,(H,47,53);1-9,14,19,23-24,26H,10-13,15-18,30-33H2,(H,35,39);1-9,13,20,22H,10-12,14-15,30-32H2,(H,34,39)(H,35,38)/t31-,33-;24-,26-;20-,22-/m000/s1. The highest BCUT2D eigenvalue weighted by atomic mass is 19.4. The topological polar surface area (TPSA) is 569 Å². The van der Waals surface area contributed by atoms with Gasteiger partial charge in [0, 0.05) is 165 Å². The number of hydrogen-bond donors (Lipinski definition) is 16. The Balaban J connectivity index is 0.000000273. The molecule has 9 rings (SSSR count). The number of para-hydroxylation sites is 3. The zero-order valence-corrected chi connectivity index (χ0v) is 73.4. The number of fused-ring (bicyclic) bond motifs is 3. The maximum absolute atomic E-state index is 13.7. The second-order valence-corrected chi connectivity index (χ2v) is 31.5. The molecule has 6 amide bonds. The first-order valence-electron chi connectivity index (χ1n) is 43.2. The van der Waals surface area contributed by atoms with Gasteiger partial charge in [-0.1, -0.05) is 109 Å². The molecule has 28 N–H and O–H groups in total. The predicted molar refractivity (Wildman–Crippen MR) is 491 cm³/mol. The van der Waals surface area contributed by atoms with E-state index in [1.54, 1.807) is 29.6 Å². The van der Waals surface area contributed by atoms with E-state index in [9.17, 15) is 69.5 Å². The van der Waals surface area contributed by atoms with Crippen molar-refractivity contribution in [2.75, 3.05) is 118 Å². The normalized spacial score (nSPS) is 13.0. The number of rotatable bonds is 51. The van der Waals surface area contributed by atoms with Crippen molar-refractivity contribution in [2.45, 2.75) is 125 Å². The Morgan fingerprint density at radius 3 is 1.12 bits per heavy atom. The summed E-state index contributed by atoms with van der Waals surface area (Å²) in [5.74, 6) is -4.12. The maximum Gasteiger partial charge on any atom is 0.416 e. The molecule has 0 aliphatic carbocycles. The van der Waals surface area contributed by atoms with E-state index in [1.165, 1.54) is 34.2 Å². The van der Waals surface area contributed by atoms with E-state index in [0.717, 1.165) is 68.1 Å². The number of ketones is 3. The Hall–Kier alpha value is -11.6. The number of hydrazine groups is 1. The first kappa shape index (κ1) is 106. The molecule has 6 atom stereocenters. The molecule has 3 heterocycles. The number of carbonyl (C=O) groups excluding carboxylic acids is 9. The molecule has 0 spiro atoms. The second-order valence-electron chi connectivity index (χ2n) is 31.5. The van der Waals surface area contributed by atoms with Crippen molar-refractivity contribution in [2.24, 2.45) is 68.8 Å². The summed E-state index contributed by atoms with van der Waals surface area (Å²) in [7, 11) is 0. The SMILES string of the molecule is NCCN(C(=O)C[C@H](N)C(=O)N[C@@H](CCc1ccccc1)C(=O)Cc1cnc2ccccc2c1)C(CN)CN.NCCN(CCN)CCN(CCN(CCN)CCN)C(=O)CC[C@H](N)C(=O)N[C@@H](Cc1ccc(C(F)(F)F)cc1)C(=O)Cc1cnc2ccccc2c1.NCN(CN)NC(=O)C[C@H](N)C(=O)N[C@@H](Cc1ccc(C(F)(F)F)cc1)C(=O)Cc1cnc2ccccc2c1. The summed E-state index contributed by atoms with van der Waals surface area (Å²) in [6, 6.07) is 39.4. The lowest BCUT2D eigenvalue weighted by Gasteiger charge is -2.30. The van der Waals surface area contributed by atoms with Gasteiger partial charge in [0.1, 0.15) is 0 Å². The minimum atomic E-state index is -4.52. The third-order valence-corrected chi connectivity index (χ3v) is 21.6. The van der Waals surface area contributed by atoms with E-state index in [-0.39, 0.29) is 114 Å². The van der Waals surface area contributed by atoms with E-state index >= 15 is 0 Å². The molecule has 131 heavy (non-hydrogen) atoms. The Labute approximate surface area is 757 Å². The van der Waals surface area contributed by atoms with Crippen LogP contribution in [-0.4, -0.2) is 253 Å². The smallest absolute Gasteiger partial charge is 0.345 e. The molecular formula is C92H124F6N24O9. The number of nitrogens with two attached hydrogens (primary N) is 12. The van der Waals surface area contributed by atoms with Crippen LogP contribution in [0.25, 0.3) is 32.7 Å². The number of benzene rings is 6. The monoisotopic (exact) mass is 1820 g/mol. The van der Waals surface area contributed by atoms with Gasteiger partial charge in [0.2, 0.25) is 35.4 Å². The number of nitrogens with one attached hydrogen (secondary N) is 4. The van der Waals surface area contributed by atoms with E-state index in [2.05, 4.69) is 46.1 Å². The molecule has 0 aliphatic heterocycles. The Morgan fingerprint density at radius 2 is 0.740 bits per heavy atom. The van der Waals surface area contributed by atoms with E-state index < -0.39 is 102 Å². The van der Waals surface area contributed by atoms with Crippen LogP contribution in [0.2, 0.25) is 0 Å². The highest BCUT2D eigenvalue weighted by molar-refractivity contribution is 5.96. The lowest BCUT2D eigenvalue weighted by Crippen LogP contribution is -2.54. The molecule has 9 aromatic rings. The molecule has 0 fully saturated rings. The minimum Gasteiger partial charge on any atom is -0.345 e. The van der Waals surface area contributed by atoms with Gasteiger partial charge >= 0.3 is 12.4 Å². The number of hydrogen-bond acceptors (Lipinski definition) is 27. The van der Waals surface area contributed by atoms with Crippen LogP contribution in [0, 0.1) is 0 Å². The van der Waals surface area contributed by atoms with Crippen LogP contribution in [0.15, 0.2) is 188 Å². The average molecular weight is 1820 g/mol. The highest BCUT2D eigenvalue weighted by Crippen LogP contribution is 2.31. The van der Waals surface area contributed by atoms with Crippen LogP contribution in [-0.2, 0) is 94.0 Å². The number of Topliss-reactive ketones (excluding diaryl/α,β-unsaturated/α-hetero) is 3. The largest absolute Gasteiger partial charge is 0.416 e. The molecular weight excluding hydrogens is 1700 g/mol. The van der Waals surface area contributed by atoms with Gasteiger partial charge in [-0.15, -0.1) is 0 Å². The summed E-state index contributed by atoms with van der Waals surface area (Å²) >= 11 is 0. The number of nitrogens with zero attached hydrogens (tertiary/aromatic N) is 8. The van der Waals surface area contributed by atoms with Gasteiger partial charge in [-0.3, -0.25) is 73.3 Å². The van der Waals surface area contributed by atoms with Gasteiger partial charge in [0.25, 0.3) is 0 Å². The van der Waals surface area contributed by atoms with E-state index in [0.29, 0.717) is 114 Å². The fraction of sp³-hybridized carbons (Fsp3) is 0.413. The zero-order valence-electron chi connectivity index (χ0n) is 73.4. The molecule has 0 bridgehead atoms. The molecule has 0 saturated carbocycles. The van der Waals surface area contributed by atoms with Crippen LogP contribution in [0.5, 0.6) is 0 Å². The molecule has 0 radical (unpaired) electrons. The number of carbonyl (C=O) groups is 9. The van der Waals surface area contributed by atoms with Crippen LogP contribution in [0.4, 0.5) is 26.3 Å². The van der Waals surface area contributed by atoms with Crippen molar-refractivity contribution in [1.82, 2.24) is 60.9 Å². The Kier molecular flexibility index (Phi) is 44.6. The fourth-order valence-electron chi connectivity index (χ4n) is 14.3. The lowest BCUT2D eigenvalue weighted by molar-refractivity contribution is -0.138. The number of halogens is 6. The Bertz CT molecular complexity index is 5070. The number of aryl methyl sites for hydroxylation is 1. The molecule has 33 nitrogen and oxygen atoms in total. The van der Waals surface area contributed by atoms with Crippen LogP contribution in [0.3, 0.4) is 0 Å². The van der Waals surface area contributed by atoms with Gasteiger partial charge in [-0.2, -0.15) is 31.4 Å². The molecule has 6 aromatic carbocycles. The van der Waals surface area contributed by atoms with Crippen LogP contribution < -0.4 is 90.2 Å².